The van der Waals surface area contributed by atoms with E-state index in [1.807, 2.05) is 13.2 Å². The van der Waals surface area contributed by atoms with Gasteiger partial charge >= 0.3 is 0 Å². The third kappa shape index (κ3) is 4.06. The van der Waals surface area contributed by atoms with Crippen molar-refractivity contribution in [3.05, 3.63) is 39.0 Å². The topological polar surface area (TPSA) is 90.0 Å². The number of sulfonamides is 1. The minimum atomic E-state index is -3.63. The highest BCUT2D eigenvalue weighted by atomic mass is 79.9. The van der Waals surface area contributed by atoms with Crippen LogP contribution in [-0.4, -0.2) is 24.7 Å². The standard InChI is InChI=1S/C12H14Br2N4O2S/c1-18-7-8(6-16-18)2-3-17-21(19,20)12-10(13)4-9(15)5-11(12)14/h4-7,17H,2-3,15H2,1H3. The van der Waals surface area contributed by atoms with Crippen LogP contribution in [0, 0.1) is 0 Å². The molecule has 0 bridgehead atoms. The van der Waals surface area contributed by atoms with E-state index in [2.05, 4.69) is 41.7 Å². The van der Waals surface area contributed by atoms with E-state index in [0.717, 1.165) is 5.56 Å². The number of hydrogen-bond acceptors (Lipinski definition) is 4. The molecule has 0 unspecified atom stereocenters. The molecule has 114 valence electrons. The van der Waals surface area contributed by atoms with Crippen LogP contribution in [0.5, 0.6) is 0 Å². The molecule has 0 aliphatic carbocycles. The van der Waals surface area contributed by atoms with Gasteiger partial charge in [0, 0.05) is 34.4 Å². The van der Waals surface area contributed by atoms with Crippen molar-refractivity contribution in [2.75, 3.05) is 12.3 Å². The summed E-state index contributed by atoms with van der Waals surface area (Å²) in [6, 6.07) is 3.11. The molecule has 6 nitrogen and oxygen atoms in total. The number of aryl methyl sites for hydroxylation is 1. The first kappa shape index (κ1) is 16.5. The molecule has 21 heavy (non-hydrogen) atoms. The van der Waals surface area contributed by atoms with Gasteiger partial charge in [-0.15, -0.1) is 0 Å². The summed E-state index contributed by atoms with van der Waals surface area (Å²) in [6.07, 6.45) is 4.13. The predicted octanol–water partition coefficient (Wildman–Crippen LogP) is 2.05. The second-order valence-corrected chi connectivity index (χ2v) is 7.90. The third-order valence-electron chi connectivity index (χ3n) is 2.75. The summed E-state index contributed by atoms with van der Waals surface area (Å²) in [5.41, 5.74) is 7.11. The van der Waals surface area contributed by atoms with Crippen molar-refractivity contribution in [2.45, 2.75) is 11.3 Å². The van der Waals surface area contributed by atoms with Crippen LogP contribution in [-0.2, 0) is 23.5 Å². The quantitative estimate of drug-likeness (QED) is 0.700. The number of nitrogens with two attached hydrogens (primary N) is 1. The molecule has 1 aromatic heterocycles. The molecule has 2 rings (SSSR count). The average molecular weight is 438 g/mol. The van der Waals surface area contributed by atoms with E-state index in [4.69, 9.17) is 5.73 Å². The summed E-state index contributed by atoms with van der Waals surface area (Å²) < 4.78 is 29.8. The number of nitrogens with zero attached hydrogens (tertiary/aromatic N) is 2. The van der Waals surface area contributed by atoms with E-state index in [-0.39, 0.29) is 11.4 Å². The molecule has 0 saturated carbocycles. The van der Waals surface area contributed by atoms with E-state index in [1.165, 1.54) is 0 Å². The van der Waals surface area contributed by atoms with Crippen LogP contribution in [0.15, 0.2) is 38.4 Å². The molecular weight excluding hydrogens is 424 g/mol. The monoisotopic (exact) mass is 436 g/mol. The number of halogens is 2. The summed E-state index contributed by atoms with van der Waals surface area (Å²) >= 11 is 6.46. The first-order valence-corrected chi connectivity index (χ1v) is 9.08. The zero-order chi connectivity index (χ0) is 15.6. The molecule has 3 N–H and O–H groups in total. The van der Waals surface area contributed by atoms with Gasteiger partial charge in [0.05, 0.1) is 6.20 Å². The summed E-state index contributed by atoms with van der Waals surface area (Å²) in [4.78, 5) is 0.142. The smallest absolute Gasteiger partial charge is 0.242 e. The molecule has 0 aliphatic heterocycles. The number of nitrogens with one attached hydrogen (secondary N) is 1. The Bertz CT molecular complexity index is 735. The van der Waals surface area contributed by atoms with Crippen molar-refractivity contribution in [3.8, 4) is 0 Å². The molecule has 0 aliphatic rings. The van der Waals surface area contributed by atoms with Crippen LogP contribution in [0.25, 0.3) is 0 Å². The number of anilines is 1. The summed E-state index contributed by atoms with van der Waals surface area (Å²) in [5, 5.41) is 4.04. The molecule has 1 aromatic carbocycles. The second kappa shape index (κ2) is 6.47. The van der Waals surface area contributed by atoms with E-state index in [0.29, 0.717) is 21.1 Å². The highest BCUT2D eigenvalue weighted by Gasteiger charge is 2.21. The van der Waals surface area contributed by atoms with Gasteiger partial charge in [-0.2, -0.15) is 5.10 Å². The van der Waals surface area contributed by atoms with Crippen LogP contribution in [0.1, 0.15) is 5.56 Å². The van der Waals surface area contributed by atoms with Gasteiger partial charge in [-0.05, 0) is 56.0 Å². The maximum Gasteiger partial charge on any atom is 0.242 e. The lowest BCUT2D eigenvalue weighted by Crippen LogP contribution is -2.26. The van der Waals surface area contributed by atoms with Crippen molar-refractivity contribution in [1.82, 2.24) is 14.5 Å². The fourth-order valence-electron chi connectivity index (χ4n) is 1.84. The van der Waals surface area contributed by atoms with Gasteiger partial charge in [-0.1, -0.05) is 0 Å². The molecule has 0 atom stereocenters. The van der Waals surface area contributed by atoms with Crippen LogP contribution in [0.4, 0.5) is 5.69 Å². The van der Waals surface area contributed by atoms with Crippen molar-refractivity contribution in [3.63, 3.8) is 0 Å². The molecule has 0 radical (unpaired) electrons. The van der Waals surface area contributed by atoms with Crippen molar-refractivity contribution in [1.29, 1.82) is 0 Å². The molecule has 1 heterocycles. The Labute approximate surface area is 140 Å². The number of aromatic nitrogens is 2. The maximum atomic E-state index is 12.3. The molecule has 2 aromatic rings. The van der Waals surface area contributed by atoms with Gasteiger partial charge in [0.2, 0.25) is 10.0 Å². The highest BCUT2D eigenvalue weighted by Crippen LogP contribution is 2.32. The fraction of sp³-hybridized carbons (Fsp3) is 0.250. The summed E-state index contributed by atoms with van der Waals surface area (Å²) in [6.45, 7) is 0.289. The van der Waals surface area contributed by atoms with Crippen LogP contribution in [0.2, 0.25) is 0 Å². The average Bonchev–Trinajstić information content (AvgIpc) is 2.72. The molecular formula is C12H14Br2N4O2S. The summed E-state index contributed by atoms with van der Waals surface area (Å²) in [5.74, 6) is 0. The van der Waals surface area contributed by atoms with Gasteiger partial charge < -0.3 is 5.73 Å². The lowest BCUT2D eigenvalue weighted by atomic mass is 10.3. The normalized spacial score (nSPS) is 11.8. The first-order chi connectivity index (χ1) is 9.79. The molecule has 0 amide bonds. The Morgan fingerprint density at radius 2 is 1.95 bits per heavy atom. The molecule has 0 fully saturated rings. The predicted molar refractivity (Wildman–Crippen MR) is 88.4 cm³/mol. The van der Waals surface area contributed by atoms with E-state index < -0.39 is 10.0 Å². The first-order valence-electron chi connectivity index (χ1n) is 6.01. The van der Waals surface area contributed by atoms with E-state index in [1.54, 1.807) is 23.0 Å². The number of hydrogen-bond donors (Lipinski definition) is 2. The van der Waals surface area contributed by atoms with Crippen LogP contribution in [0.3, 0.4) is 0 Å². The third-order valence-corrected chi connectivity index (χ3v) is 6.09. The number of nitrogen functional groups attached to an aromatic ring is 1. The minimum absolute atomic E-state index is 0.142. The second-order valence-electron chi connectivity index (χ2n) is 4.48. The zero-order valence-electron chi connectivity index (χ0n) is 11.2. The van der Waals surface area contributed by atoms with Crippen LogP contribution < -0.4 is 10.5 Å². The maximum absolute atomic E-state index is 12.3. The van der Waals surface area contributed by atoms with E-state index >= 15 is 0 Å². The van der Waals surface area contributed by atoms with Crippen LogP contribution >= 0.6 is 31.9 Å². The molecule has 9 heteroatoms. The molecule has 0 spiro atoms. The Balaban J connectivity index is 2.12. The number of rotatable bonds is 5. The zero-order valence-corrected chi connectivity index (χ0v) is 15.2. The van der Waals surface area contributed by atoms with Gasteiger partial charge in [0.25, 0.3) is 0 Å². The number of benzene rings is 1. The van der Waals surface area contributed by atoms with Crippen molar-refractivity contribution in [2.24, 2.45) is 7.05 Å². The van der Waals surface area contributed by atoms with Gasteiger partial charge in [-0.3, -0.25) is 4.68 Å². The lowest BCUT2D eigenvalue weighted by Gasteiger charge is -2.11. The fourth-order valence-corrected chi connectivity index (χ4v) is 5.49. The Morgan fingerprint density at radius 1 is 1.33 bits per heavy atom. The minimum Gasteiger partial charge on any atom is -0.399 e. The largest absolute Gasteiger partial charge is 0.399 e. The van der Waals surface area contributed by atoms with Crippen molar-refractivity contribution < 1.29 is 8.42 Å². The molecule has 0 saturated heterocycles. The van der Waals surface area contributed by atoms with Gasteiger partial charge in [-0.25, -0.2) is 13.1 Å². The highest BCUT2D eigenvalue weighted by molar-refractivity contribution is 9.11. The lowest BCUT2D eigenvalue weighted by molar-refractivity contribution is 0.580. The Morgan fingerprint density at radius 3 is 2.48 bits per heavy atom. The van der Waals surface area contributed by atoms with Crippen molar-refractivity contribution >= 4 is 47.6 Å². The summed E-state index contributed by atoms with van der Waals surface area (Å²) in [7, 11) is -1.81. The Kier molecular flexibility index (Phi) is 5.07. The Hall–Kier alpha value is -0.900. The SMILES string of the molecule is Cn1cc(CCNS(=O)(=O)c2c(Br)cc(N)cc2Br)cn1. The van der Waals surface area contributed by atoms with E-state index in [9.17, 15) is 8.42 Å². The van der Waals surface area contributed by atoms with Gasteiger partial charge in [0.15, 0.2) is 0 Å². The van der Waals surface area contributed by atoms with Gasteiger partial charge in [0.1, 0.15) is 4.90 Å².